The Hall–Kier alpha value is -3.08. The molecule has 12 nitrogen and oxygen atoms in total. The van der Waals surface area contributed by atoms with Crippen molar-refractivity contribution in [1.82, 2.24) is 9.80 Å². The van der Waals surface area contributed by atoms with Crippen molar-refractivity contribution in [2.75, 3.05) is 52.4 Å². The number of hydrogen-bond donors (Lipinski definition) is 4. The maximum Gasteiger partial charge on any atom is 0.246 e. The largest absolute Gasteiger partial charge is 0.507 e. The van der Waals surface area contributed by atoms with Gasteiger partial charge in [-0.1, -0.05) is 153 Å². The van der Waals surface area contributed by atoms with Crippen molar-refractivity contribution in [3.05, 3.63) is 131 Å². The van der Waals surface area contributed by atoms with Crippen LogP contribution in [0.3, 0.4) is 0 Å². The summed E-state index contributed by atoms with van der Waals surface area (Å²) < 4.78 is 5.15. The Bertz CT molecular complexity index is 3380. The molecular weight excluding hydrogens is 1440 g/mol. The van der Waals surface area contributed by atoms with Crippen molar-refractivity contribution >= 4 is 36.5 Å². The van der Waals surface area contributed by atoms with E-state index >= 15 is 0 Å². The van der Waals surface area contributed by atoms with Crippen LogP contribution in [0.4, 0.5) is 0 Å². The second kappa shape index (κ2) is 39.0. The number of hydrogen-bond acceptors (Lipinski definition) is 10. The Kier molecular flexibility index (Phi) is 35.4. The molecule has 4 heterocycles. The fraction of sp³-hybridized carbons (Fsp3) is 0.605. The number of aromatic hydroxyl groups is 4. The fourth-order valence-corrected chi connectivity index (χ4v) is 14.6. The molecule has 4 radical (unpaired) electrons. The third-order valence-corrected chi connectivity index (χ3v) is 20.3. The summed E-state index contributed by atoms with van der Waals surface area (Å²) in [5.41, 5.74) is 10.5. The molecular formula is C81H122Co2N8O4Y2. The van der Waals surface area contributed by atoms with Gasteiger partial charge in [-0.25, -0.2) is 0 Å². The number of para-hydroxylation sites is 1. The first-order valence-corrected chi connectivity index (χ1v) is 35.4. The molecule has 4 unspecified atom stereocenters. The molecule has 0 aromatic heterocycles. The van der Waals surface area contributed by atoms with E-state index in [9.17, 15) is 20.4 Å². The summed E-state index contributed by atoms with van der Waals surface area (Å²) in [5.74, 6) is 4.73. The molecule has 534 valence electrons. The number of amidine groups is 2. The number of nitrogens with zero attached hydrogens (tertiary/aromatic N) is 8. The zero-order valence-electron chi connectivity index (χ0n) is 62.5. The number of aliphatic imine (C=N–C) groups is 4. The van der Waals surface area contributed by atoms with E-state index in [1.807, 2.05) is 43.1 Å². The van der Waals surface area contributed by atoms with Crippen LogP contribution in [-0.2, 0) is 133 Å². The van der Waals surface area contributed by atoms with Crippen LogP contribution < -0.4 is 0 Å². The maximum absolute atomic E-state index is 11.6. The Labute approximate surface area is 658 Å². The average molecular weight is 1570 g/mol. The van der Waals surface area contributed by atoms with Gasteiger partial charge in [0.05, 0.1) is 89.4 Å². The Morgan fingerprint density at radius 1 is 0.454 bits per heavy atom. The van der Waals surface area contributed by atoms with Crippen LogP contribution in [0.1, 0.15) is 267 Å². The van der Waals surface area contributed by atoms with Crippen LogP contribution >= 0.6 is 0 Å². The van der Waals surface area contributed by atoms with Gasteiger partial charge in [0.15, 0.2) is 0 Å². The summed E-state index contributed by atoms with van der Waals surface area (Å²) in [5, 5.41) is 45.1. The van der Waals surface area contributed by atoms with E-state index in [4.69, 9.17) is 20.0 Å². The topological polar surface area (TPSA) is 143 Å². The number of aryl methyl sites for hydroxylation is 2. The number of benzene rings is 4. The van der Waals surface area contributed by atoms with Crippen molar-refractivity contribution < 1.29 is 129 Å². The smallest absolute Gasteiger partial charge is 0.246 e. The van der Waals surface area contributed by atoms with E-state index in [-0.39, 0.29) is 166 Å². The molecule has 97 heavy (non-hydrogen) atoms. The Morgan fingerprint density at radius 2 is 0.804 bits per heavy atom. The third-order valence-electron chi connectivity index (χ3n) is 20.3. The van der Waals surface area contributed by atoms with E-state index in [2.05, 4.69) is 152 Å². The van der Waals surface area contributed by atoms with Gasteiger partial charge >= 0.3 is 0 Å². The third kappa shape index (κ3) is 23.5. The molecule has 0 saturated heterocycles. The molecule has 0 amide bonds. The molecule has 2 fully saturated rings. The quantitative estimate of drug-likeness (QED) is 0.0471. The van der Waals surface area contributed by atoms with Gasteiger partial charge in [-0.2, -0.15) is 0 Å². The monoisotopic (exact) mass is 1570 g/mol. The second-order valence-electron chi connectivity index (χ2n) is 31.9. The van der Waals surface area contributed by atoms with Crippen LogP contribution in [0.5, 0.6) is 23.0 Å². The minimum atomic E-state index is -0.183. The number of phenolic OH excluding ortho intramolecular Hbond substituents is 4. The first-order chi connectivity index (χ1) is 43.1. The van der Waals surface area contributed by atoms with Gasteiger partial charge in [0, 0.05) is 164 Å². The van der Waals surface area contributed by atoms with E-state index in [0.717, 1.165) is 148 Å². The van der Waals surface area contributed by atoms with Gasteiger partial charge in [-0.15, -0.1) is 0 Å². The van der Waals surface area contributed by atoms with Crippen LogP contribution in [0.2, 0.25) is 0 Å². The molecule has 2 saturated carbocycles. The van der Waals surface area contributed by atoms with E-state index in [1.54, 1.807) is 5.84 Å². The molecule has 4 aromatic rings. The van der Waals surface area contributed by atoms with Gasteiger partial charge in [0.2, 0.25) is 11.7 Å². The normalized spacial score (nSPS) is 20.0. The fourth-order valence-electron chi connectivity index (χ4n) is 14.6. The van der Waals surface area contributed by atoms with Crippen LogP contribution in [0.25, 0.3) is 0 Å². The van der Waals surface area contributed by atoms with Crippen LogP contribution in [-0.4, -0.2) is 152 Å². The summed E-state index contributed by atoms with van der Waals surface area (Å²) >= 11 is 0. The second-order valence-corrected chi connectivity index (χ2v) is 31.9. The van der Waals surface area contributed by atoms with Crippen molar-refractivity contribution in [1.29, 1.82) is 0 Å². The molecule has 6 aliphatic rings. The standard InChI is InChI=1S/C42H62N4O2.C37H52N4O2.2CH3.2Co.2Y/c1-40(2,3)32-23-29(15-12-19-45-21-14-22-46-20-13-18-37(45)46)38(47)30(24-32)27-43-35-16-10-11-17-36(35)44-28-31-25-33(41(4,5)6)26-34(39(31)48)42(7,8)9;1-26(2)31-14-8-12-28(36(31)43)24-38-32-15-6-7-16-33(32)39-25-29-23-30(37(3,4)5)22-27(35(29)42)13-9-18-40-20-11-21-41-19-10-17-34(40)41;;;;;;/h23-28,35-36H,10-22H2,1-9H3,(H-,43,44,47,48);8,12,14,22-26,32-33H,6-7,9-11,13,15-21H2,1-5H3,(H-,38,39,42,43);2*1H3;;;;/q;;2*-1;;;;/p+2. The van der Waals surface area contributed by atoms with Gasteiger partial charge < -0.3 is 35.3 Å². The number of phenols is 4. The maximum atomic E-state index is 11.6. The summed E-state index contributed by atoms with van der Waals surface area (Å²) in [4.78, 5) is 25.4. The van der Waals surface area contributed by atoms with Crippen molar-refractivity contribution in [2.45, 2.75) is 264 Å². The van der Waals surface area contributed by atoms with E-state index in [0.29, 0.717) is 23.0 Å². The molecule has 4 atom stereocenters. The summed E-state index contributed by atoms with van der Waals surface area (Å²) in [7, 11) is 0. The zero-order chi connectivity index (χ0) is 65.4. The Morgan fingerprint density at radius 3 is 1.16 bits per heavy atom. The summed E-state index contributed by atoms with van der Waals surface area (Å²) in [6, 6.07) is 19.0. The molecule has 4 aliphatic heterocycles. The van der Waals surface area contributed by atoms with Gasteiger partial charge in [0.1, 0.15) is 23.0 Å². The van der Waals surface area contributed by atoms with Gasteiger partial charge in [-0.3, -0.25) is 38.9 Å². The minimum absolute atomic E-state index is 0. The predicted octanol–water partition coefficient (Wildman–Crippen LogP) is 16.8. The van der Waals surface area contributed by atoms with Gasteiger partial charge in [0.25, 0.3) is 0 Å². The SMILES string of the molecule is CC(C)(C)c1cc(C=NC2CCCCC2N=Cc2cc(C(C)(C)C)cc(C(C)(C)C)c2O)c(O)c(CCCN2CCC[N+]3=C2CCC3)c1.CC(C)c1cccc(C=NC2CCCCC2N=Cc2cc(C(C)(C)C)cc(CCCN3CCC[N+]4=C3CCC4)c2O)c1O.[CH3-].[CH3-].[Co].[Co].[Y].[Y]. The molecule has 4 aromatic carbocycles. The van der Waals surface area contributed by atoms with Crippen molar-refractivity contribution in [3.8, 4) is 23.0 Å². The van der Waals surface area contributed by atoms with E-state index < -0.39 is 0 Å². The summed E-state index contributed by atoms with van der Waals surface area (Å²) in [6.45, 7) is 39.9. The van der Waals surface area contributed by atoms with Gasteiger partial charge in [-0.05, 0) is 149 Å². The summed E-state index contributed by atoms with van der Waals surface area (Å²) in [6.07, 6.45) is 27.2. The molecule has 2 aliphatic carbocycles. The molecule has 16 heteroatoms. The van der Waals surface area contributed by atoms with Crippen molar-refractivity contribution in [3.63, 3.8) is 0 Å². The first-order valence-electron chi connectivity index (χ1n) is 35.4. The first kappa shape index (κ1) is 88.1. The molecule has 0 spiro atoms. The predicted molar refractivity (Wildman–Crippen MR) is 394 cm³/mol. The molecule has 0 bridgehead atoms. The van der Waals surface area contributed by atoms with E-state index in [1.165, 1.54) is 87.2 Å². The molecule has 10 rings (SSSR count). The van der Waals surface area contributed by atoms with Crippen LogP contribution in [0, 0.1) is 14.9 Å². The minimum Gasteiger partial charge on any atom is -0.507 e. The average Bonchev–Trinajstić information content (AvgIpc) is 1.57. The molecule has 4 N–H and O–H groups in total. The number of rotatable bonds is 17. The Balaban J connectivity index is 0.000000478. The zero-order valence-corrected chi connectivity index (χ0v) is 70.2. The van der Waals surface area contributed by atoms with Crippen molar-refractivity contribution in [2.24, 2.45) is 20.0 Å². The van der Waals surface area contributed by atoms with Crippen LogP contribution in [0.15, 0.2) is 74.6 Å².